The van der Waals surface area contributed by atoms with Crippen molar-refractivity contribution < 1.29 is 4.74 Å². The predicted octanol–water partition coefficient (Wildman–Crippen LogP) is 3.36. The van der Waals surface area contributed by atoms with E-state index in [4.69, 9.17) is 4.74 Å². The molecule has 0 bridgehead atoms. The topological polar surface area (TPSA) is 12.5 Å². The zero-order valence-electron chi connectivity index (χ0n) is 11.3. The molecule has 0 aromatic heterocycles. The first kappa shape index (κ1) is 12.6. The third kappa shape index (κ3) is 2.15. The van der Waals surface area contributed by atoms with Gasteiger partial charge in [0, 0.05) is 6.54 Å². The molecule has 1 aliphatic carbocycles. The average Bonchev–Trinajstić information content (AvgIpc) is 2.91. The average molecular weight is 255 g/mol. The van der Waals surface area contributed by atoms with Gasteiger partial charge in [-0.3, -0.25) is 4.90 Å². The summed E-state index contributed by atoms with van der Waals surface area (Å²) in [5.74, 6) is 0. The Hall–Kier alpha value is -1.38. The van der Waals surface area contributed by atoms with E-state index in [1.807, 2.05) is 12.2 Å². The summed E-state index contributed by atoms with van der Waals surface area (Å²) in [4.78, 5) is 2.41. The highest BCUT2D eigenvalue weighted by Gasteiger charge is 2.40. The van der Waals surface area contributed by atoms with Crippen LogP contribution in [0.4, 0.5) is 0 Å². The minimum Gasteiger partial charge on any atom is -0.356 e. The number of allylic oxidation sites excluding steroid dienone is 3. The van der Waals surface area contributed by atoms with Gasteiger partial charge in [0.05, 0.1) is 6.04 Å². The number of rotatable bonds is 3. The summed E-state index contributed by atoms with van der Waals surface area (Å²) in [7, 11) is 0. The molecule has 0 spiro atoms. The van der Waals surface area contributed by atoms with Gasteiger partial charge in [-0.2, -0.15) is 0 Å². The molecule has 1 saturated heterocycles. The Kier molecular flexibility index (Phi) is 3.54. The molecule has 0 radical (unpaired) electrons. The molecule has 2 aliphatic heterocycles. The number of fused-ring (bicyclic) bond motifs is 1. The van der Waals surface area contributed by atoms with Gasteiger partial charge in [0.2, 0.25) is 0 Å². The van der Waals surface area contributed by atoms with Crippen molar-refractivity contribution in [3.05, 3.63) is 60.3 Å². The third-order valence-electron chi connectivity index (χ3n) is 4.28. The molecule has 0 N–H and O–H groups in total. The first-order chi connectivity index (χ1) is 9.35. The van der Waals surface area contributed by atoms with Crippen molar-refractivity contribution in [3.8, 4) is 0 Å². The highest BCUT2D eigenvalue weighted by Crippen LogP contribution is 2.36. The van der Waals surface area contributed by atoms with Crippen molar-refractivity contribution in [2.45, 2.75) is 31.4 Å². The van der Waals surface area contributed by atoms with Crippen LogP contribution in [0.15, 0.2) is 60.3 Å². The van der Waals surface area contributed by atoms with E-state index in [2.05, 4.69) is 36.3 Å². The van der Waals surface area contributed by atoms with E-state index in [1.54, 1.807) is 0 Å². The molecule has 2 nitrogen and oxygen atoms in total. The maximum Gasteiger partial charge on any atom is 0.104 e. The number of hydrogen-bond acceptors (Lipinski definition) is 2. The van der Waals surface area contributed by atoms with E-state index < -0.39 is 0 Å². The van der Waals surface area contributed by atoms with Crippen molar-refractivity contribution >= 4 is 0 Å². The zero-order valence-corrected chi connectivity index (χ0v) is 11.3. The van der Waals surface area contributed by atoms with Gasteiger partial charge in [0.25, 0.3) is 0 Å². The van der Waals surface area contributed by atoms with Gasteiger partial charge in [-0.05, 0) is 36.0 Å². The van der Waals surface area contributed by atoms with Crippen LogP contribution >= 0.6 is 0 Å². The Labute approximate surface area is 115 Å². The monoisotopic (exact) mass is 255 g/mol. The Morgan fingerprint density at radius 1 is 1.26 bits per heavy atom. The van der Waals surface area contributed by atoms with Gasteiger partial charge in [0.1, 0.15) is 12.8 Å². The van der Waals surface area contributed by atoms with Gasteiger partial charge in [0.15, 0.2) is 0 Å². The molecule has 0 amide bonds. The molecule has 3 rings (SSSR count). The number of ether oxygens (including phenoxy) is 1. The van der Waals surface area contributed by atoms with Crippen LogP contribution in [-0.2, 0) is 4.74 Å². The van der Waals surface area contributed by atoms with Crippen molar-refractivity contribution in [2.75, 3.05) is 13.3 Å². The third-order valence-corrected chi connectivity index (χ3v) is 4.28. The van der Waals surface area contributed by atoms with E-state index in [0.717, 1.165) is 32.5 Å². The molecule has 0 aromatic rings. The molecule has 2 unspecified atom stereocenters. The van der Waals surface area contributed by atoms with E-state index in [-0.39, 0.29) is 6.10 Å². The smallest absolute Gasteiger partial charge is 0.104 e. The summed E-state index contributed by atoms with van der Waals surface area (Å²) in [6.45, 7) is 9.71. The summed E-state index contributed by atoms with van der Waals surface area (Å²) in [5.41, 5.74) is 3.94. The lowest BCUT2D eigenvalue weighted by Crippen LogP contribution is -2.41. The molecule has 19 heavy (non-hydrogen) atoms. The van der Waals surface area contributed by atoms with Gasteiger partial charge >= 0.3 is 0 Å². The number of hydrogen-bond donors (Lipinski definition) is 0. The van der Waals surface area contributed by atoms with Gasteiger partial charge in [-0.25, -0.2) is 0 Å². The van der Waals surface area contributed by atoms with Gasteiger partial charge in [-0.1, -0.05) is 43.5 Å². The van der Waals surface area contributed by atoms with E-state index in [9.17, 15) is 0 Å². The number of nitrogens with zero attached hydrogens (tertiary/aromatic N) is 1. The lowest BCUT2D eigenvalue weighted by molar-refractivity contribution is 0.108. The second kappa shape index (κ2) is 5.32. The molecule has 0 saturated carbocycles. The van der Waals surface area contributed by atoms with Crippen LogP contribution in [-0.4, -0.2) is 30.3 Å². The molecule has 2 heteroatoms. The lowest BCUT2D eigenvalue weighted by atomic mass is 9.86. The first-order valence-electron chi connectivity index (χ1n) is 7.05. The molecule has 2 atom stereocenters. The fourth-order valence-corrected chi connectivity index (χ4v) is 3.30. The van der Waals surface area contributed by atoms with Gasteiger partial charge in [-0.15, -0.1) is 0 Å². The maximum absolute atomic E-state index is 6.05. The maximum atomic E-state index is 6.05. The van der Waals surface area contributed by atoms with Crippen LogP contribution in [0.3, 0.4) is 0 Å². The largest absolute Gasteiger partial charge is 0.356 e. The molecule has 2 heterocycles. The molecular weight excluding hydrogens is 234 g/mol. The summed E-state index contributed by atoms with van der Waals surface area (Å²) in [6, 6.07) is 0.313. The zero-order chi connectivity index (χ0) is 13.2. The first-order valence-corrected chi connectivity index (χ1v) is 7.05. The van der Waals surface area contributed by atoms with Crippen molar-refractivity contribution in [1.29, 1.82) is 0 Å². The lowest BCUT2D eigenvalue weighted by Gasteiger charge is -2.33. The summed E-state index contributed by atoms with van der Waals surface area (Å²) < 4.78 is 6.05. The highest BCUT2D eigenvalue weighted by atomic mass is 16.5. The minimum atomic E-state index is 0.153. The summed E-state index contributed by atoms with van der Waals surface area (Å²) in [6.07, 6.45) is 14.2. The molecule has 0 aromatic carbocycles. The molecular formula is C17H21NO. The van der Waals surface area contributed by atoms with Gasteiger partial charge < -0.3 is 4.74 Å². The van der Waals surface area contributed by atoms with E-state index in [1.165, 1.54) is 16.7 Å². The Morgan fingerprint density at radius 3 is 2.84 bits per heavy atom. The summed E-state index contributed by atoms with van der Waals surface area (Å²) in [5, 5.41) is 0. The fourth-order valence-electron chi connectivity index (χ4n) is 3.30. The second-order valence-corrected chi connectivity index (χ2v) is 5.30. The van der Waals surface area contributed by atoms with Crippen molar-refractivity contribution in [1.82, 2.24) is 4.90 Å². The minimum absolute atomic E-state index is 0.153. The quantitative estimate of drug-likeness (QED) is 0.766. The highest BCUT2D eigenvalue weighted by molar-refractivity contribution is 5.43. The second-order valence-electron chi connectivity index (χ2n) is 5.30. The van der Waals surface area contributed by atoms with Crippen molar-refractivity contribution in [2.24, 2.45) is 0 Å². The molecule has 100 valence electrons. The predicted molar refractivity (Wildman–Crippen MR) is 78.7 cm³/mol. The SMILES string of the molecule is C=CC1=C(C=C)C2C(C3=CCCC=C3)OCN2CC1. The van der Waals surface area contributed by atoms with E-state index in [0.29, 0.717) is 6.04 Å². The normalized spacial score (nSPS) is 31.1. The van der Waals surface area contributed by atoms with Crippen LogP contribution in [0.2, 0.25) is 0 Å². The van der Waals surface area contributed by atoms with Crippen LogP contribution < -0.4 is 0 Å². The van der Waals surface area contributed by atoms with Crippen LogP contribution in [0.25, 0.3) is 0 Å². The molecule has 1 fully saturated rings. The summed E-state index contributed by atoms with van der Waals surface area (Å²) >= 11 is 0. The fraction of sp³-hybridized carbons (Fsp3) is 0.412. The van der Waals surface area contributed by atoms with Crippen molar-refractivity contribution in [3.63, 3.8) is 0 Å². The molecule has 3 aliphatic rings. The van der Waals surface area contributed by atoms with Crippen LogP contribution in [0.1, 0.15) is 19.3 Å². The van der Waals surface area contributed by atoms with Crippen LogP contribution in [0, 0.1) is 0 Å². The standard InChI is InChI=1S/C17H21NO/c1-3-13-10-11-18-12-19-17(16(18)15(13)4-2)14-8-6-5-7-9-14/h3-4,6,8-9,16-17H,1-2,5,7,10-12H2. The van der Waals surface area contributed by atoms with Crippen LogP contribution in [0.5, 0.6) is 0 Å². The van der Waals surface area contributed by atoms with E-state index >= 15 is 0 Å². The Balaban J connectivity index is 1.96. The Morgan fingerprint density at radius 2 is 2.16 bits per heavy atom. The Bertz CT molecular complexity index is 483.